The molecule has 1 aliphatic carbocycles. The molecule has 2 aromatic rings. The van der Waals surface area contributed by atoms with E-state index in [0.29, 0.717) is 23.3 Å². The lowest BCUT2D eigenvalue weighted by molar-refractivity contribution is -0.0173. The van der Waals surface area contributed by atoms with Gasteiger partial charge in [-0.1, -0.05) is 57.5 Å². The average Bonchev–Trinajstić information content (AvgIpc) is 2.54. The molecule has 2 heteroatoms. The maximum atomic E-state index is 12.6. The summed E-state index contributed by atoms with van der Waals surface area (Å²) in [6.07, 6.45) is 3.45. The summed E-state index contributed by atoms with van der Waals surface area (Å²) in [6, 6.07) is 13.9. The van der Waals surface area contributed by atoms with E-state index in [9.17, 15) is 4.79 Å². The van der Waals surface area contributed by atoms with Crippen molar-refractivity contribution in [1.29, 1.82) is 0 Å². The Labute approximate surface area is 138 Å². The van der Waals surface area contributed by atoms with Crippen molar-refractivity contribution in [2.75, 3.05) is 0 Å². The van der Waals surface area contributed by atoms with Crippen molar-refractivity contribution in [1.82, 2.24) is 0 Å². The average molecular weight is 310 g/mol. The van der Waals surface area contributed by atoms with Crippen LogP contribution >= 0.6 is 0 Å². The van der Waals surface area contributed by atoms with Gasteiger partial charge in [0.2, 0.25) is 0 Å². The molecule has 0 aliphatic heterocycles. The van der Waals surface area contributed by atoms with Gasteiger partial charge in [-0.3, -0.25) is 0 Å². The molecule has 23 heavy (non-hydrogen) atoms. The minimum Gasteiger partial charge on any atom is -0.458 e. The third kappa shape index (κ3) is 3.57. The lowest BCUT2D eigenvalue weighted by Gasteiger charge is -2.36. The molecule has 0 N–H and O–H groups in total. The van der Waals surface area contributed by atoms with Crippen LogP contribution in [0.2, 0.25) is 0 Å². The molecular formula is C21H26O2. The first-order valence-corrected chi connectivity index (χ1v) is 8.74. The molecule has 1 saturated carbocycles. The van der Waals surface area contributed by atoms with Crippen LogP contribution in [0.15, 0.2) is 42.5 Å². The summed E-state index contributed by atoms with van der Waals surface area (Å²) >= 11 is 0. The van der Waals surface area contributed by atoms with E-state index in [-0.39, 0.29) is 12.1 Å². The highest BCUT2D eigenvalue weighted by molar-refractivity contribution is 5.95. The van der Waals surface area contributed by atoms with Crippen LogP contribution in [-0.4, -0.2) is 12.1 Å². The molecule has 0 heterocycles. The number of carbonyl (C=O) groups is 1. The Bertz CT molecular complexity index is 689. The van der Waals surface area contributed by atoms with Crippen molar-refractivity contribution in [2.45, 2.75) is 46.1 Å². The molecular weight excluding hydrogens is 284 g/mol. The summed E-state index contributed by atoms with van der Waals surface area (Å²) in [7, 11) is 0. The molecule has 3 atom stereocenters. The van der Waals surface area contributed by atoms with E-state index in [1.807, 2.05) is 36.4 Å². The second-order valence-corrected chi connectivity index (χ2v) is 7.33. The van der Waals surface area contributed by atoms with Gasteiger partial charge in [-0.05, 0) is 53.5 Å². The van der Waals surface area contributed by atoms with E-state index >= 15 is 0 Å². The summed E-state index contributed by atoms with van der Waals surface area (Å²) in [5.41, 5.74) is 0.657. The number of ether oxygens (including phenoxy) is 1. The summed E-state index contributed by atoms with van der Waals surface area (Å²) in [5.74, 6) is 1.49. The Morgan fingerprint density at radius 1 is 1.09 bits per heavy atom. The highest BCUT2D eigenvalue weighted by atomic mass is 16.5. The van der Waals surface area contributed by atoms with Crippen molar-refractivity contribution in [3.05, 3.63) is 48.0 Å². The summed E-state index contributed by atoms with van der Waals surface area (Å²) in [4.78, 5) is 12.6. The molecule has 1 aliphatic rings. The maximum absolute atomic E-state index is 12.6. The molecule has 0 unspecified atom stereocenters. The van der Waals surface area contributed by atoms with Gasteiger partial charge in [0, 0.05) is 0 Å². The van der Waals surface area contributed by atoms with Gasteiger partial charge in [-0.2, -0.15) is 0 Å². The van der Waals surface area contributed by atoms with Crippen molar-refractivity contribution in [3.8, 4) is 0 Å². The van der Waals surface area contributed by atoms with Gasteiger partial charge >= 0.3 is 5.97 Å². The third-order valence-corrected chi connectivity index (χ3v) is 5.20. The van der Waals surface area contributed by atoms with Crippen LogP contribution in [0, 0.1) is 17.8 Å². The van der Waals surface area contributed by atoms with Gasteiger partial charge in [0.25, 0.3) is 0 Å². The van der Waals surface area contributed by atoms with Gasteiger partial charge in [0.05, 0.1) is 5.56 Å². The molecule has 0 amide bonds. The Morgan fingerprint density at radius 2 is 1.83 bits per heavy atom. The fourth-order valence-electron chi connectivity index (χ4n) is 3.77. The lowest BCUT2D eigenvalue weighted by atomic mass is 9.75. The number of fused-ring (bicyclic) bond motifs is 1. The molecule has 0 saturated heterocycles. The van der Waals surface area contributed by atoms with Crippen LogP contribution in [0.5, 0.6) is 0 Å². The van der Waals surface area contributed by atoms with Gasteiger partial charge in [-0.15, -0.1) is 0 Å². The number of rotatable bonds is 3. The van der Waals surface area contributed by atoms with Crippen LogP contribution in [0.3, 0.4) is 0 Å². The highest BCUT2D eigenvalue weighted by Gasteiger charge is 2.33. The molecule has 0 radical (unpaired) electrons. The maximum Gasteiger partial charge on any atom is 0.338 e. The largest absolute Gasteiger partial charge is 0.458 e. The second kappa shape index (κ2) is 6.74. The topological polar surface area (TPSA) is 26.3 Å². The van der Waals surface area contributed by atoms with Crippen LogP contribution in [-0.2, 0) is 4.74 Å². The number of esters is 1. The predicted molar refractivity (Wildman–Crippen MR) is 94.5 cm³/mol. The molecule has 0 aromatic heterocycles. The third-order valence-electron chi connectivity index (χ3n) is 5.20. The summed E-state index contributed by atoms with van der Waals surface area (Å²) < 4.78 is 5.93. The Morgan fingerprint density at radius 3 is 2.57 bits per heavy atom. The summed E-state index contributed by atoms with van der Waals surface area (Å²) in [6.45, 7) is 6.72. The number of carbonyl (C=O) groups excluding carboxylic acids is 1. The fraction of sp³-hybridized carbons (Fsp3) is 0.476. The number of benzene rings is 2. The molecule has 0 bridgehead atoms. The normalized spacial score (nSPS) is 24.8. The van der Waals surface area contributed by atoms with E-state index in [1.165, 1.54) is 6.42 Å². The monoisotopic (exact) mass is 310 g/mol. The number of hydrogen-bond donors (Lipinski definition) is 0. The molecule has 2 aromatic carbocycles. The Hall–Kier alpha value is -1.83. The minimum atomic E-state index is -0.180. The highest BCUT2D eigenvalue weighted by Crippen LogP contribution is 2.35. The van der Waals surface area contributed by atoms with Crippen molar-refractivity contribution in [3.63, 3.8) is 0 Å². The first kappa shape index (κ1) is 16.0. The molecule has 122 valence electrons. The zero-order valence-electron chi connectivity index (χ0n) is 14.3. The van der Waals surface area contributed by atoms with E-state index in [0.717, 1.165) is 23.6 Å². The molecule has 3 rings (SSSR count). The molecule has 2 nitrogen and oxygen atoms in total. The van der Waals surface area contributed by atoms with Gasteiger partial charge in [-0.25, -0.2) is 4.79 Å². The van der Waals surface area contributed by atoms with Crippen molar-refractivity contribution in [2.24, 2.45) is 17.8 Å². The molecule has 1 fully saturated rings. The predicted octanol–water partition coefficient (Wildman–Crippen LogP) is 5.46. The van der Waals surface area contributed by atoms with E-state index in [2.05, 4.69) is 26.8 Å². The quantitative estimate of drug-likeness (QED) is 0.704. The molecule has 0 spiro atoms. The van der Waals surface area contributed by atoms with Crippen LogP contribution in [0.1, 0.15) is 50.4 Å². The van der Waals surface area contributed by atoms with Crippen molar-refractivity contribution < 1.29 is 9.53 Å². The van der Waals surface area contributed by atoms with Crippen LogP contribution < -0.4 is 0 Å². The zero-order chi connectivity index (χ0) is 16.4. The first-order chi connectivity index (χ1) is 11.0. The number of hydrogen-bond acceptors (Lipinski definition) is 2. The van der Waals surface area contributed by atoms with Crippen LogP contribution in [0.25, 0.3) is 10.8 Å². The van der Waals surface area contributed by atoms with E-state index < -0.39 is 0 Å². The second-order valence-electron chi connectivity index (χ2n) is 7.33. The fourth-order valence-corrected chi connectivity index (χ4v) is 3.77. The van der Waals surface area contributed by atoms with E-state index in [4.69, 9.17) is 4.74 Å². The lowest BCUT2D eigenvalue weighted by Crippen LogP contribution is -2.35. The Balaban J connectivity index is 1.78. The smallest absolute Gasteiger partial charge is 0.338 e. The van der Waals surface area contributed by atoms with Crippen LogP contribution in [0.4, 0.5) is 0 Å². The first-order valence-electron chi connectivity index (χ1n) is 8.74. The zero-order valence-corrected chi connectivity index (χ0v) is 14.3. The van der Waals surface area contributed by atoms with Gasteiger partial charge in [0.1, 0.15) is 6.10 Å². The Kier molecular flexibility index (Phi) is 4.70. The SMILES string of the molecule is CC(C)[C@H]1CC[C@@H](C)C[C@@H]1OC(=O)c1ccc2ccccc2c1. The van der Waals surface area contributed by atoms with Crippen molar-refractivity contribution >= 4 is 16.7 Å². The van der Waals surface area contributed by atoms with Gasteiger partial charge < -0.3 is 4.74 Å². The minimum absolute atomic E-state index is 0.0534. The van der Waals surface area contributed by atoms with Gasteiger partial charge in [0.15, 0.2) is 0 Å². The van der Waals surface area contributed by atoms with E-state index in [1.54, 1.807) is 0 Å². The summed E-state index contributed by atoms with van der Waals surface area (Å²) in [5, 5.41) is 2.23. The standard InChI is InChI=1S/C21H26O2/c1-14(2)19-11-8-15(3)12-20(19)23-21(22)18-10-9-16-6-4-5-7-17(16)13-18/h4-7,9-10,13-15,19-20H,8,11-12H2,1-3H3/t15-,19-,20+/m1/s1.